The molecule has 0 aliphatic carbocycles. The van der Waals surface area contributed by atoms with Crippen LogP contribution in [0.4, 0.5) is 0 Å². The Morgan fingerprint density at radius 1 is 1.04 bits per heavy atom. The molecule has 3 heterocycles. The van der Waals surface area contributed by atoms with Crippen LogP contribution >= 0.6 is 0 Å². The lowest BCUT2D eigenvalue weighted by atomic mass is 9.74. The second kappa shape index (κ2) is 20.5. The lowest BCUT2D eigenvalue weighted by Gasteiger charge is -2.51. The fraction of sp³-hybridized carbons (Fsp3) is 0.825. The van der Waals surface area contributed by atoms with Crippen molar-refractivity contribution in [2.24, 2.45) is 10.8 Å². The van der Waals surface area contributed by atoms with E-state index in [0.717, 1.165) is 25.7 Å². The molecule has 1 unspecified atom stereocenters. The molecular formula is C40H66O13. The number of aliphatic hydroxyl groups is 3. The number of carbonyl (C=O) groups is 3. The molecule has 3 aliphatic heterocycles. The third kappa shape index (κ3) is 13.7. The number of methoxy groups -OCH3 is 1. The summed E-state index contributed by atoms with van der Waals surface area (Å²) in [5.41, 5.74) is -1.33. The highest BCUT2D eigenvalue weighted by molar-refractivity contribution is 5.83. The Hall–Kier alpha value is -2.39. The highest BCUT2D eigenvalue weighted by Gasteiger charge is 2.57. The first kappa shape index (κ1) is 45.0. The second-order valence-electron chi connectivity index (χ2n) is 16.4. The third-order valence-electron chi connectivity index (χ3n) is 10.3. The fourth-order valence-electron chi connectivity index (χ4n) is 6.86. The molecule has 3 rings (SSSR count). The molecule has 2 fully saturated rings. The maximum Gasteiger partial charge on any atom is 0.330 e. The van der Waals surface area contributed by atoms with E-state index in [1.807, 2.05) is 0 Å². The Bertz CT molecular complexity index is 1240. The summed E-state index contributed by atoms with van der Waals surface area (Å²) in [4.78, 5) is 39.1. The summed E-state index contributed by atoms with van der Waals surface area (Å²) >= 11 is 0. The Labute approximate surface area is 315 Å². The molecule has 13 nitrogen and oxygen atoms in total. The Morgan fingerprint density at radius 3 is 2.40 bits per heavy atom. The van der Waals surface area contributed by atoms with Gasteiger partial charge in [0.15, 0.2) is 12.4 Å². The topological polar surface area (TPSA) is 177 Å². The summed E-state index contributed by atoms with van der Waals surface area (Å²) in [7, 11) is 1.22. The number of esters is 3. The predicted molar refractivity (Wildman–Crippen MR) is 195 cm³/mol. The van der Waals surface area contributed by atoms with E-state index in [-0.39, 0.29) is 61.9 Å². The SMILES string of the molecule is CCCCCCCC(=O)O[C@H]1/C(=C/C(=O)OC)CC2C[C@H]([C@@H](C)O)OC(=O)C[C@H](O)CCO[C@H](C(C)(C)C)C[C@@H]3CCO[C@H](/C=C/C(C)(C)[C@]1(O)O2)O3. The molecule has 0 spiro atoms. The van der Waals surface area contributed by atoms with E-state index in [1.165, 1.54) is 20.1 Å². The van der Waals surface area contributed by atoms with Crippen LogP contribution in [0.2, 0.25) is 0 Å². The van der Waals surface area contributed by atoms with Crippen LogP contribution in [-0.2, 0) is 47.5 Å². The number of aliphatic hydroxyl groups excluding tert-OH is 2. The first-order valence-electron chi connectivity index (χ1n) is 19.4. The molecule has 2 saturated heterocycles. The summed E-state index contributed by atoms with van der Waals surface area (Å²) in [5, 5.41) is 34.1. The number of carbonyl (C=O) groups excluding carboxylic acids is 3. The molecule has 0 amide bonds. The van der Waals surface area contributed by atoms with Crippen molar-refractivity contribution in [1.82, 2.24) is 0 Å². The van der Waals surface area contributed by atoms with Gasteiger partial charge >= 0.3 is 17.9 Å². The average molecular weight is 755 g/mol. The molecule has 4 bridgehead atoms. The molecule has 9 atom stereocenters. The molecule has 0 radical (unpaired) electrons. The lowest BCUT2D eigenvalue weighted by Crippen LogP contribution is -2.62. The van der Waals surface area contributed by atoms with Crippen molar-refractivity contribution >= 4 is 17.9 Å². The van der Waals surface area contributed by atoms with Crippen molar-refractivity contribution < 1.29 is 62.9 Å². The largest absolute Gasteiger partial charge is 0.466 e. The van der Waals surface area contributed by atoms with Crippen LogP contribution in [0.15, 0.2) is 23.8 Å². The van der Waals surface area contributed by atoms with Crippen molar-refractivity contribution in [3.63, 3.8) is 0 Å². The van der Waals surface area contributed by atoms with Gasteiger partial charge in [-0.2, -0.15) is 0 Å². The zero-order chi connectivity index (χ0) is 39.4. The van der Waals surface area contributed by atoms with Crippen LogP contribution in [0.3, 0.4) is 0 Å². The van der Waals surface area contributed by atoms with Gasteiger partial charge in [-0.05, 0) is 49.7 Å². The maximum absolute atomic E-state index is 13.3. The summed E-state index contributed by atoms with van der Waals surface area (Å²) in [6.07, 6.45) is 3.30. The smallest absolute Gasteiger partial charge is 0.330 e. The molecule has 3 aliphatic rings. The van der Waals surface area contributed by atoms with E-state index in [0.29, 0.717) is 25.9 Å². The first-order valence-corrected chi connectivity index (χ1v) is 19.4. The Kier molecular flexibility index (Phi) is 17.4. The third-order valence-corrected chi connectivity index (χ3v) is 10.3. The zero-order valence-corrected chi connectivity index (χ0v) is 33.2. The standard InChI is InChI=1S/C40H66O13/c1-9-10-11-12-13-14-33(43)52-37-27(22-34(44)47-8)21-30-24-31(26(2)41)51-35(45)23-28(42)16-19-48-32(38(3,4)5)25-29-17-20-49-36(50-29)15-18-39(6,7)40(37,46)53-30/h15,18,22,26,28-32,36-37,41-42,46H,9-14,16-17,19-21,23-25H2,1-8H3/b18-15+,27-22+/t26-,28-,29+,30?,31-,32+,36+,37+,40-/m1/s1. The van der Waals surface area contributed by atoms with Crippen LogP contribution in [0.25, 0.3) is 0 Å². The monoisotopic (exact) mass is 754 g/mol. The number of cyclic esters (lactones) is 1. The first-order chi connectivity index (χ1) is 24.9. The molecule has 0 aromatic rings. The number of unbranched alkanes of at least 4 members (excludes halogenated alkanes) is 4. The summed E-state index contributed by atoms with van der Waals surface area (Å²) < 4.78 is 41.6. The molecule has 13 heteroatoms. The Balaban J connectivity index is 2.06. The van der Waals surface area contributed by atoms with E-state index in [2.05, 4.69) is 27.7 Å². The molecule has 0 aromatic heterocycles. The fourth-order valence-corrected chi connectivity index (χ4v) is 6.86. The lowest BCUT2D eigenvalue weighted by molar-refractivity contribution is -0.327. The molecule has 0 saturated carbocycles. The van der Waals surface area contributed by atoms with Crippen molar-refractivity contribution in [3.8, 4) is 0 Å². The van der Waals surface area contributed by atoms with Gasteiger partial charge in [-0.25, -0.2) is 4.79 Å². The number of fused-ring (bicyclic) bond motifs is 4. The van der Waals surface area contributed by atoms with Gasteiger partial charge < -0.3 is 48.5 Å². The van der Waals surface area contributed by atoms with Gasteiger partial charge in [0.1, 0.15) is 6.10 Å². The number of hydrogen-bond donors (Lipinski definition) is 3. The molecular weight excluding hydrogens is 688 g/mol. The van der Waals surface area contributed by atoms with E-state index in [9.17, 15) is 29.7 Å². The predicted octanol–water partition coefficient (Wildman–Crippen LogP) is 5.21. The maximum atomic E-state index is 13.3. The van der Waals surface area contributed by atoms with E-state index < -0.39 is 65.9 Å². The van der Waals surface area contributed by atoms with Gasteiger partial charge in [-0.15, -0.1) is 0 Å². The van der Waals surface area contributed by atoms with Crippen LogP contribution in [0, 0.1) is 10.8 Å². The number of ether oxygens (including phenoxy) is 7. The van der Waals surface area contributed by atoms with Gasteiger partial charge in [0, 0.05) is 37.4 Å². The highest BCUT2D eigenvalue weighted by atomic mass is 16.7. The summed E-state index contributed by atoms with van der Waals surface area (Å²) in [6, 6.07) is 0. The van der Waals surface area contributed by atoms with Crippen LogP contribution < -0.4 is 0 Å². The minimum absolute atomic E-state index is 0.0160. The van der Waals surface area contributed by atoms with Crippen LogP contribution in [0.5, 0.6) is 0 Å². The van der Waals surface area contributed by atoms with Crippen LogP contribution in [0.1, 0.15) is 126 Å². The molecule has 53 heavy (non-hydrogen) atoms. The van der Waals surface area contributed by atoms with Gasteiger partial charge in [0.25, 0.3) is 0 Å². The van der Waals surface area contributed by atoms with Crippen molar-refractivity contribution in [2.75, 3.05) is 20.3 Å². The number of rotatable bonds is 9. The molecule has 304 valence electrons. The zero-order valence-electron chi connectivity index (χ0n) is 33.2. The highest BCUT2D eigenvalue weighted by Crippen LogP contribution is 2.47. The van der Waals surface area contributed by atoms with Gasteiger partial charge in [0.2, 0.25) is 5.79 Å². The van der Waals surface area contributed by atoms with Crippen molar-refractivity contribution in [3.05, 3.63) is 23.8 Å². The van der Waals surface area contributed by atoms with Gasteiger partial charge in [-0.1, -0.05) is 73.3 Å². The van der Waals surface area contributed by atoms with Crippen molar-refractivity contribution in [2.45, 2.75) is 180 Å². The quantitative estimate of drug-likeness (QED) is 0.0921. The average Bonchev–Trinajstić information content (AvgIpc) is 3.07. The second-order valence-corrected chi connectivity index (χ2v) is 16.4. The number of hydrogen-bond acceptors (Lipinski definition) is 13. The van der Waals surface area contributed by atoms with Gasteiger partial charge in [0.05, 0.1) is 50.7 Å². The van der Waals surface area contributed by atoms with E-state index in [4.69, 9.17) is 33.2 Å². The van der Waals surface area contributed by atoms with Gasteiger partial charge in [-0.3, -0.25) is 9.59 Å². The van der Waals surface area contributed by atoms with Crippen LogP contribution in [-0.4, -0.2) is 108 Å². The molecule has 3 N–H and O–H groups in total. The Morgan fingerprint density at radius 2 is 1.74 bits per heavy atom. The van der Waals surface area contributed by atoms with Crippen molar-refractivity contribution in [1.29, 1.82) is 0 Å². The normalized spacial score (nSPS) is 34.0. The summed E-state index contributed by atoms with van der Waals surface area (Å²) in [5.74, 6) is -4.28. The van der Waals surface area contributed by atoms with E-state index in [1.54, 1.807) is 26.0 Å². The molecule has 0 aromatic carbocycles. The minimum Gasteiger partial charge on any atom is -0.466 e. The van der Waals surface area contributed by atoms with E-state index >= 15 is 0 Å². The minimum atomic E-state index is -2.27. The summed E-state index contributed by atoms with van der Waals surface area (Å²) in [6.45, 7) is 13.8.